The molecule has 0 aromatic heterocycles. The Labute approximate surface area is 263 Å². The zero-order valence-electron chi connectivity index (χ0n) is 23.9. The molecule has 8 nitrogen and oxygen atoms in total. The van der Waals surface area contributed by atoms with Crippen molar-refractivity contribution in [3.8, 4) is 11.5 Å². The molecule has 2 unspecified atom stereocenters. The molecule has 2 atom stereocenters. The van der Waals surface area contributed by atoms with Crippen molar-refractivity contribution in [2.45, 2.75) is 58.7 Å². The van der Waals surface area contributed by atoms with Gasteiger partial charge in [-0.05, 0) is 100 Å². The summed E-state index contributed by atoms with van der Waals surface area (Å²) in [6.07, 6.45) is -0.0919. The smallest absolute Gasteiger partial charge is 0.410 e. The first-order valence-electron chi connectivity index (χ1n) is 13.3. The first-order valence-corrected chi connectivity index (χ1v) is 14.9. The van der Waals surface area contributed by atoms with E-state index in [2.05, 4.69) is 26.6 Å². The SMILES string of the molecule is Cc1cc(Cl)cc(C)c1Oc1ccc(Cl)cc1NC(=O)C(=O)NC1CC(c2ccc(Br)cc2)N(C(=O)OC(C)(C)C)C1. The minimum atomic E-state index is -0.900. The molecule has 11 heteroatoms. The van der Waals surface area contributed by atoms with Gasteiger partial charge in [0.25, 0.3) is 0 Å². The van der Waals surface area contributed by atoms with Crippen LogP contribution in [0.5, 0.6) is 11.5 Å². The molecule has 3 aromatic carbocycles. The van der Waals surface area contributed by atoms with Gasteiger partial charge in [-0.2, -0.15) is 0 Å². The highest BCUT2D eigenvalue weighted by molar-refractivity contribution is 9.10. The number of amides is 3. The molecule has 0 spiro atoms. The number of nitrogens with zero attached hydrogens (tertiary/aromatic N) is 1. The lowest BCUT2D eigenvalue weighted by Crippen LogP contribution is -2.44. The lowest BCUT2D eigenvalue weighted by molar-refractivity contribution is -0.136. The average Bonchev–Trinajstić information content (AvgIpc) is 3.30. The van der Waals surface area contributed by atoms with Gasteiger partial charge >= 0.3 is 17.9 Å². The van der Waals surface area contributed by atoms with Crippen LogP contribution >= 0.6 is 39.1 Å². The van der Waals surface area contributed by atoms with Crippen LogP contribution in [0.4, 0.5) is 10.5 Å². The molecule has 0 aliphatic carbocycles. The maximum absolute atomic E-state index is 13.1. The molecule has 0 radical (unpaired) electrons. The van der Waals surface area contributed by atoms with Crippen molar-refractivity contribution < 1.29 is 23.9 Å². The summed E-state index contributed by atoms with van der Waals surface area (Å²) in [4.78, 5) is 40.7. The number of carbonyl (C=O) groups excluding carboxylic acids is 3. The lowest BCUT2D eigenvalue weighted by Gasteiger charge is -2.28. The molecule has 42 heavy (non-hydrogen) atoms. The minimum absolute atomic E-state index is 0.176. The molecule has 222 valence electrons. The fourth-order valence-electron chi connectivity index (χ4n) is 4.75. The normalized spacial score (nSPS) is 16.6. The van der Waals surface area contributed by atoms with Gasteiger partial charge in [0.1, 0.15) is 11.4 Å². The van der Waals surface area contributed by atoms with E-state index in [0.29, 0.717) is 28.0 Å². The first-order chi connectivity index (χ1) is 19.7. The van der Waals surface area contributed by atoms with Crippen LogP contribution in [-0.2, 0) is 14.3 Å². The van der Waals surface area contributed by atoms with Crippen LogP contribution in [-0.4, -0.2) is 41.0 Å². The predicted molar refractivity (Wildman–Crippen MR) is 167 cm³/mol. The van der Waals surface area contributed by atoms with Crippen LogP contribution in [0, 0.1) is 13.8 Å². The Morgan fingerprint density at radius 2 is 1.57 bits per heavy atom. The minimum Gasteiger partial charge on any atom is -0.455 e. The van der Waals surface area contributed by atoms with Crippen molar-refractivity contribution in [1.29, 1.82) is 0 Å². The molecular formula is C31H32BrCl2N3O5. The summed E-state index contributed by atoms with van der Waals surface area (Å²) in [6, 6.07) is 15.1. The number of rotatable bonds is 5. The molecular weight excluding hydrogens is 645 g/mol. The monoisotopic (exact) mass is 675 g/mol. The van der Waals surface area contributed by atoms with E-state index in [1.165, 1.54) is 6.07 Å². The second-order valence-corrected chi connectivity index (χ2v) is 13.0. The Balaban J connectivity index is 1.49. The maximum Gasteiger partial charge on any atom is 0.410 e. The standard InChI is InChI=1S/C31H32BrCl2N3O5/c1-17-12-22(34)13-18(2)27(17)41-26-11-10-21(33)14-24(26)36-29(39)28(38)35-23-15-25(19-6-8-20(32)9-7-19)37(16-23)30(40)42-31(3,4)5/h6-14,23,25H,15-16H2,1-5H3,(H,35,38)(H,36,39). The van der Waals surface area contributed by atoms with Gasteiger partial charge in [0, 0.05) is 27.1 Å². The van der Waals surface area contributed by atoms with Crippen LogP contribution in [0.2, 0.25) is 10.0 Å². The molecule has 1 saturated heterocycles. The lowest BCUT2D eigenvalue weighted by atomic mass is 10.0. The van der Waals surface area contributed by atoms with Crippen molar-refractivity contribution in [1.82, 2.24) is 10.2 Å². The molecule has 0 bridgehead atoms. The second-order valence-electron chi connectivity index (χ2n) is 11.2. The fraction of sp³-hybridized carbons (Fsp3) is 0.323. The summed E-state index contributed by atoms with van der Waals surface area (Å²) in [5, 5.41) is 6.31. The molecule has 1 fully saturated rings. The van der Waals surface area contributed by atoms with Crippen LogP contribution in [0.3, 0.4) is 0 Å². The Morgan fingerprint density at radius 3 is 2.19 bits per heavy atom. The number of likely N-dealkylation sites (tertiary alicyclic amines) is 1. The van der Waals surface area contributed by atoms with Crippen LogP contribution in [0.15, 0.2) is 59.1 Å². The van der Waals surface area contributed by atoms with Crippen molar-refractivity contribution in [3.05, 3.63) is 85.8 Å². The summed E-state index contributed by atoms with van der Waals surface area (Å²) in [7, 11) is 0. The van der Waals surface area contributed by atoms with E-state index in [9.17, 15) is 14.4 Å². The third-order valence-electron chi connectivity index (χ3n) is 6.55. The number of hydrogen-bond donors (Lipinski definition) is 2. The van der Waals surface area contributed by atoms with E-state index in [0.717, 1.165) is 21.2 Å². The second kappa shape index (κ2) is 12.9. The van der Waals surface area contributed by atoms with Crippen molar-refractivity contribution in [3.63, 3.8) is 0 Å². The highest BCUT2D eigenvalue weighted by Gasteiger charge is 2.39. The van der Waals surface area contributed by atoms with Gasteiger partial charge in [0.05, 0.1) is 11.7 Å². The van der Waals surface area contributed by atoms with Gasteiger partial charge in [0.15, 0.2) is 5.75 Å². The molecule has 1 aliphatic heterocycles. The zero-order chi connectivity index (χ0) is 30.8. The molecule has 1 heterocycles. The number of ether oxygens (including phenoxy) is 2. The summed E-state index contributed by atoms with van der Waals surface area (Å²) in [5.74, 6) is -0.872. The van der Waals surface area contributed by atoms with Crippen LogP contribution in [0.25, 0.3) is 0 Å². The third-order valence-corrected chi connectivity index (χ3v) is 7.53. The number of hydrogen-bond acceptors (Lipinski definition) is 5. The number of benzene rings is 3. The van der Waals surface area contributed by atoms with E-state index in [4.69, 9.17) is 32.7 Å². The maximum atomic E-state index is 13.1. The van der Waals surface area contributed by atoms with Crippen molar-refractivity contribution >= 4 is 62.7 Å². The van der Waals surface area contributed by atoms with E-state index >= 15 is 0 Å². The van der Waals surface area contributed by atoms with E-state index in [1.54, 1.807) is 49.9 Å². The molecule has 2 N–H and O–H groups in total. The Kier molecular flexibility index (Phi) is 9.75. The summed E-state index contributed by atoms with van der Waals surface area (Å²) in [5.41, 5.74) is 2.04. The summed E-state index contributed by atoms with van der Waals surface area (Å²) < 4.78 is 12.7. The number of carbonyl (C=O) groups is 3. The Hall–Kier alpha value is -3.27. The van der Waals surface area contributed by atoms with Gasteiger partial charge in [-0.1, -0.05) is 51.3 Å². The van der Waals surface area contributed by atoms with E-state index in [-0.39, 0.29) is 18.3 Å². The van der Waals surface area contributed by atoms with Crippen molar-refractivity contribution in [2.75, 3.05) is 11.9 Å². The van der Waals surface area contributed by atoms with Gasteiger partial charge in [0.2, 0.25) is 0 Å². The van der Waals surface area contributed by atoms with Crippen LogP contribution in [0.1, 0.15) is 49.9 Å². The first kappa shape index (κ1) is 31.7. The average molecular weight is 677 g/mol. The van der Waals surface area contributed by atoms with E-state index in [1.807, 2.05) is 38.1 Å². The van der Waals surface area contributed by atoms with E-state index < -0.39 is 29.6 Å². The third kappa shape index (κ3) is 7.96. The Bertz CT molecular complexity index is 1480. The van der Waals surface area contributed by atoms with Gasteiger partial charge in [-0.3, -0.25) is 14.5 Å². The number of aryl methyl sites for hydroxylation is 2. The largest absolute Gasteiger partial charge is 0.455 e. The quantitative estimate of drug-likeness (QED) is 0.267. The number of nitrogens with one attached hydrogen (secondary N) is 2. The molecule has 3 amide bonds. The Morgan fingerprint density at radius 1 is 0.929 bits per heavy atom. The van der Waals surface area contributed by atoms with Gasteiger partial charge in [-0.25, -0.2) is 4.79 Å². The highest BCUT2D eigenvalue weighted by atomic mass is 79.9. The highest BCUT2D eigenvalue weighted by Crippen LogP contribution is 2.37. The summed E-state index contributed by atoms with van der Waals surface area (Å²) in [6.45, 7) is 9.28. The molecule has 4 rings (SSSR count). The van der Waals surface area contributed by atoms with Gasteiger partial charge in [-0.15, -0.1) is 0 Å². The predicted octanol–water partition coefficient (Wildman–Crippen LogP) is 7.97. The molecule has 1 aliphatic rings. The molecule has 0 saturated carbocycles. The fourth-order valence-corrected chi connectivity index (χ4v) is 5.51. The topological polar surface area (TPSA) is 97.0 Å². The summed E-state index contributed by atoms with van der Waals surface area (Å²) >= 11 is 15.8. The van der Waals surface area contributed by atoms with Crippen molar-refractivity contribution in [2.24, 2.45) is 0 Å². The number of halogens is 3. The number of anilines is 1. The zero-order valence-corrected chi connectivity index (χ0v) is 27.0. The van der Waals surface area contributed by atoms with Gasteiger partial charge < -0.3 is 20.1 Å². The molecule has 3 aromatic rings. The van der Waals surface area contributed by atoms with Crippen LogP contribution < -0.4 is 15.4 Å².